The van der Waals surface area contributed by atoms with Crippen LogP contribution in [-0.2, 0) is 16.4 Å². The van der Waals surface area contributed by atoms with Crippen molar-refractivity contribution in [1.82, 2.24) is 15.0 Å². The van der Waals surface area contributed by atoms with Crippen molar-refractivity contribution in [3.8, 4) is 0 Å². The Balaban J connectivity index is 1.77. The van der Waals surface area contributed by atoms with E-state index in [1.54, 1.807) is 49.2 Å². The van der Waals surface area contributed by atoms with Gasteiger partial charge in [0, 0.05) is 37.5 Å². The zero-order valence-corrected chi connectivity index (χ0v) is 18.6. The van der Waals surface area contributed by atoms with E-state index in [2.05, 4.69) is 19.9 Å². The van der Waals surface area contributed by atoms with Gasteiger partial charge in [0.15, 0.2) is 9.84 Å². The fraction of sp³-hybridized carbons (Fsp3) is 0.125. The molecule has 0 unspecified atom stereocenters. The van der Waals surface area contributed by atoms with Gasteiger partial charge in [-0.3, -0.25) is 9.97 Å². The lowest BCUT2D eigenvalue weighted by molar-refractivity contribution is 0.602. The SMILES string of the molecule is CN(c1ccccc1S(C)(=O)=O)c1ncccc1CN(c1cccnc1)c1cccnc1. The number of hydrogen-bond donors (Lipinski definition) is 0. The van der Waals surface area contributed by atoms with Crippen LogP contribution in [0.25, 0.3) is 0 Å². The third kappa shape index (κ3) is 4.60. The number of sulfone groups is 1. The van der Waals surface area contributed by atoms with Crippen LogP contribution >= 0.6 is 0 Å². The van der Waals surface area contributed by atoms with Crippen molar-refractivity contribution >= 4 is 32.7 Å². The largest absolute Gasteiger partial charge is 0.334 e. The fourth-order valence-corrected chi connectivity index (χ4v) is 4.46. The number of hydrogen-bond acceptors (Lipinski definition) is 7. The van der Waals surface area contributed by atoms with Gasteiger partial charge in [0.25, 0.3) is 0 Å². The molecule has 0 aliphatic carbocycles. The first kappa shape index (κ1) is 21.5. The summed E-state index contributed by atoms with van der Waals surface area (Å²) in [5.41, 5.74) is 3.32. The number of aromatic nitrogens is 3. The van der Waals surface area contributed by atoms with E-state index in [0.29, 0.717) is 18.1 Å². The predicted octanol–water partition coefficient (Wildman–Crippen LogP) is 4.38. The second-order valence-electron chi connectivity index (χ2n) is 7.29. The van der Waals surface area contributed by atoms with Crippen molar-refractivity contribution in [1.29, 1.82) is 0 Å². The summed E-state index contributed by atoms with van der Waals surface area (Å²) in [7, 11) is -1.58. The zero-order valence-electron chi connectivity index (χ0n) is 17.8. The highest BCUT2D eigenvalue weighted by Gasteiger charge is 2.20. The Bertz CT molecular complexity index is 1260. The maximum Gasteiger partial charge on any atom is 0.177 e. The molecule has 3 heterocycles. The highest BCUT2D eigenvalue weighted by molar-refractivity contribution is 7.90. The molecule has 0 spiro atoms. The van der Waals surface area contributed by atoms with Gasteiger partial charge in [-0.25, -0.2) is 13.4 Å². The van der Waals surface area contributed by atoms with Gasteiger partial charge < -0.3 is 9.80 Å². The summed E-state index contributed by atoms with van der Waals surface area (Å²) in [5, 5.41) is 0. The second-order valence-corrected chi connectivity index (χ2v) is 9.28. The van der Waals surface area contributed by atoms with E-state index >= 15 is 0 Å². The van der Waals surface area contributed by atoms with Crippen LogP contribution in [0.4, 0.5) is 22.9 Å². The van der Waals surface area contributed by atoms with Crippen molar-refractivity contribution < 1.29 is 8.42 Å². The van der Waals surface area contributed by atoms with Crippen molar-refractivity contribution in [3.63, 3.8) is 0 Å². The van der Waals surface area contributed by atoms with Crippen LogP contribution in [0.2, 0.25) is 0 Å². The van der Waals surface area contributed by atoms with Crippen LogP contribution in [0.1, 0.15) is 5.56 Å². The molecule has 0 aliphatic heterocycles. The van der Waals surface area contributed by atoms with Crippen molar-refractivity contribution in [2.45, 2.75) is 11.4 Å². The summed E-state index contributed by atoms with van der Waals surface area (Å²) in [5.74, 6) is 0.668. The maximum atomic E-state index is 12.4. The molecule has 0 saturated carbocycles. The number of rotatable bonds is 7. The molecule has 0 saturated heterocycles. The molecule has 0 atom stereocenters. The second kappa shape index (κ2) is 9.15. The molecule has 3 aromatic heterocycles. The number of para-hydroxylation sites is 1. The Kier molecular flexibility index (Phi) is 6.13. The first-order valence-corrected chi connectivity index (χ1v) is 11.9. The summed E-state index contributed by atoms with van der Waals surface area (Å²) in [6.07, 6.45) is 9.98. The number of anilines is 4. The first-order valence-electron chi connectivity index (χ1n) is 9.99. The lowest BCUT2D eigenvalue weighted by Gasteiger charge is -2.28. The van der Waals surface area contributed by atoms with E-state index in [1.807, 2.05) is 54.4 Å². The molecule has 0 radical (unpaired) electrons. The number of benzene rings is 1. The molecule has 0 N–H and O–H groups in total. The van der Waals surface area contributed by atoms with Gasteiger partial charge in [-0.05, 0) is 42.5 Å². The van der Waals surface area contributed by atoms with Crippen LogP contribution < -0.4 is 9.80 Å². The van der Waals surface area contributed by atoms with Crippen molar-refractivity contribution in [2.75, 3.05) is 23.1 Å². The van der Waals surface area contributed by atoms with Crippen LogP contribution in [-0.4, -0.2) is 36.7 Å². The van der Waals surface area contributed by atoms with Gasteiger partial charge >= 0.3 is 0 Å². The Labute approximate surface area is 188 Å². The minimum absolute atomic E-state index is 0.260. The topological polar surface area (TPSA) is 79.3 Å². The summed E-state index contributed by atoms with van der Waals surface area (Å²) in [6.45, 7) is 0.492. The lowest BCUT2D eigenvalue weighted by atomic mass is 10.2. The normalized spacial score (nSPS) is 11.2. The first-order chi connectivity index (χ1) is 15.4. The molecule has 4 aromatic rings. The van der Waals surface area contributed by atoms with Crippen LogP contribution in [0.3, 0.4) is 0 Å². The average Bonchev–Trinajstić information content (AvgIpc) is 2.83. The third-order valence-electron chi connectivity index (χ3n) is 5.05. The summed E-state index contributed by atoms with van der Waals surface area (Å²) in [4.78, 5) is 17.3. The van der Waals surface area contributed by atoms with Crippen molar-refractivity contribution in [3.05, 3.63) is 97.2 Å². The molecule has 4 rings (SSSR count). The zero-order chi connectivity index (χ0) is 22.6. The lowest BCUT2D eigenvalue weighted by Crippen LogP contribution is -2.21. The quantitative estimate of drug-likeness (QED) is 0.418. The molecule has 0 fully saturated rings. The molecule has 7 nitrogen and oxygen atoms in total. The fourth-order valence-electron chi connectivity index (χ4n) is 3.55. The van der Waals surface area contributed by atoms with E-state index < -0.39 is 9.84 Å². The molecule has 1 aromatic carbocycles. The van der Waals surface area contributed by atoms with Gasteiger partial charge in [0.1, 0.15) is 5.82 Å². The van der Waals surface area contributed by atoms with Gasteiger partial charge in [-0.15, -0.1) is 0 Å². The molecule has 8 heteroatoms. The minimum Gasteiger partial charge on any atom is -0.334 e. The standard InChI is InChI=1S/C24H23N5O2S/c1-28(22-11-3-4-12-23(22)32(2,30)31)24-19(8-5-15-27-24)18-29(20-9-6-13-25-16-20)21-10-7-14-26-17-21/h3-17H,18H2,1-2H3. The molecule has 0 amide bonds. The predicted molar refractivity (Wildman–Crippen MR) is 126 cm³/mol. The van der Waals surface area contributed by atoms with E-state index in [1.165, 1.54) is 6.26 Å². The van der Waals surface area contributed by atoms with E-state index in [4.69, 9.17) is 0 Å². The van der Waals surface area contributed by atoms with Gasteiger partial charge in [0.2, 0.25) is 0 Å². The molecule has 0 aliphatic rings. The summed E-state index contributed by atoms with van der Waals surface area (Å²) in [6, 6.07) is 18.5. The maximum absolute atomic E-state index is 12.4. The monoisotopic (exact) mass is 445 g/mol. The van der Waals surface area contributed by atoms with E-state index in [0.717, 1.165) is 16.9 Å². The Morgan fingerprint density at radius 3 is 2.03 bits per heavy atom. The number of pyridine rings is 3. The number of nitrogens with zero attached hydrogens (tertiary/aromatic N) is 5. The smallest absolute Gasteiger partial charge is 0.177 e. The average molecular weight is 446 g/mol. The molecule has 162 valence electrons. The molecule has 32 heavy (non-hydrogen) atoms. The van der Waals surface area contributed by atoms with E-state index in [9.17, 15) is 8.42 Å². The van der Waals surface area contributed by atoms with Crippen LogP contribution in [0.15, 0.2) is 96.5 Å². The third-order valence-corrected chi connectivity index (χ3v) is 6.20. The minimum atomic E-state index is -3.40. The Hall–Kier alpha value is -3.78. The highest BCUT2D eigenvalue weighted by Crippen LogP contribution is 2.33. The Morgan fingerprint density at radius 1 is 0.812 bits per heavy atom. The molecular weight excluding hydrogens is 422 g/mol. The molecule has 0 bridgehead atoms. The van der Waals surface area contributed by atoms with E-state index in [-0.39, 0.29) is 4.90 Å². The van der Waals surface area contributed by atoms with Crippen LogP contribution in [0, 0.1) is 0 Å². The summed E-state index contributed by atoms with van der Waals surface area (Å²) >= 11 is 0. The van der Waals surface area contributed by atoms with Gasteiger partial charge in [0.05, 0.1) is 40.9 Å². The van der Waals surface area contributed by atoms with Gasteiger partial charge in [-0.1, -0.05) is 18.2 Å². The summed E-state index contributed by atoms with van der Waals surface area (Å²) < 4.78 is 24.7. The Morgan fingerprint density at radius 2 is 1.44 bits per heavy atom. The molecular formula is C24H23N5O2S. The van der Waals surface area contributed by atoms with Crippen LogP contribution in [0.5, 0.6) is 0 Å². The highest BCUT2D eigenvalue weighted by atomic mass is 32.2. The van der Waals surface area contributed by atoms with Crippen molar-refractivity contribution in [2.24, 2.45) is 0 Å². The van der Waals surface area contributed by atoms with Gasteiger partial charge in [-0.2, -0.15) is 0 Å².